The molecule has 2 unspecified atom stereocenters. The Labute approximate surface area is 415 Å². The van der Waals surface area contributed by atoms with E-state index in [1.54, 1.807) is 4.57 Å². The van der Waals surface area contributed by atoms with Crippen LogP contribution in [0, 0.1) is 5.82 Å². The lowest BCUT2D eigenvalue weighted by Gasteiger charge is -2.47. The first kappa shape index (κ1) is 55.5. The smallest absolute Gasteiger partial charge is 0.414 e. The molecule has 4 aromatic rings. The van der Waals surface area contributed by atoms with Crippen LogP contribution in [0.15, 0.2) is 30.0 Å². The summed E-state index contributed by atoms with van der Waals surface area (Å²) in [4.78, 5) is 67.0. The number of halogens is 1. The Morgan fingerprint density at radius 1 is 0.857 bits per heavy atom. The van der Waals surface area contributed by atoms with Crippen molar-refractivity contribution in [1.29, 1.82) is 0 Å². The first-order chi connectivity index (χ1) is 32.3. The zero-order valence-electron chi connectivity index (χ0n) is 42.1. The molecule has 3 saturated heterocycles. The van der Waals surface area contributed by atoms with Gasteiger partial charge in [-0.25, -0.2) is 28.9 Å². The van der Waals surface area contributed by atoms with Crippen molar-refractivity contribution in [3.05, 3.63) is 41.3 Å². The van der Waals surface area contributed by atoms with Crippen molar-refractivity contribution in [2.75, 3.05) is 18.9 Å². The first-order valence-electron chi connectivity index (χ1n) is 23.4. The number of aromatic nitrogens is 7. The summed E-state index contributed by atoms with van der Waals surface area (Å²) >= 11 is 5.81. The molecule has 0 saturated carbocycles. The molecule has 0 amide bonds. The normalized spacial score (nSPS) is 30.1. The predicted octanol–water partition coefficient (Wildman–Crippen LogP) is 6.92. The SMILES string of the molecule is CC(C)[Si](O)(O[Si](O[C@H]1[C@H]2OP(=O)(O)OCC[C@H]3O[C@@H](n4cnc5c(N)ncnc54)[C@H](O[Si](C)(C)C(C)(C)C)[C@@H]3OP(O)(=S)OC[C@@H]1O[C@H]2n1cc(F)c2c(=O)n(C)cnc21)(C(C)C)C(C)C)C(C)C. The van der Waals surface area contributed by atoms with E-state index in [4.69, 9.17) is 58.1 Å². The molecular formula is C41H69FN8O14P2SSi3. The van der Waals surface area contributed by atoms with Gasteiger partial charge in [0.05, 0.1) is 32.0 Å². The molecule has 7 heterocycles. The highest BCUT2D eigenvalue weighted by atomic mass is 32.5. The van der Waals surface area contributed by atoms with Crippen molar-refractivity contribution in [1.82, 2.24) is 33.6 Å². The molecule has 392 valence electrons. The number of aryl methyl sites for hydroxylation is 1. The maximum atomic E-state index is 15.9. The number of nitrogens with two attached hydrogens (primary N) is 1. The minimum atomic E-state index is -5.19. The molecule has 7 rings (SSSR count). The molecule has 4 aromatic heterocycles. The fourth-order valence-corrected chi connectivity index (χ4v) is 22.7. The van der Waals surface area contributed by atoms with Gasteiger partial charge in [0, 0.05) is 19.7 Å². The second-order valence-electron chi connectivity index (χ2n) is 21.1. The summed E-state index contributed by atoms with van der Waals surface area (Å²) in [5.74, 6) is -0.815. The number of nitrogen functional groups attached to an aromatic ring is 1. The lowest BCUT2D eigenvalue weighted by Crippen LogP contribution is -2.62. The van der Waals surface area contributed by atoms with Crippen molar-refractivity contribution in [2.24, 2.45) is 7.05 Å². The van der Waals surface area contributed by atoms with Gasteiger partial charge in [0.15, 0.2) is 43.7 Å². The Morgan fingerprint density at radius 3 is 2.11 bits per heavy atom. The summed E-state index contributed by atoms with van der Waals surface area (Å²) in [6.07, 6.45) is -5.44. The van der Waals surface area contributed by atoms with Gasteiger partial charge in [-0.15, -0.1) is 0 Å². The number of phosphoric acid groups is 1. The second kappa shape index (κ2) is 20.1. The molecule has 0 spiro atoms. The Kier molecular flexibility index (Phi) is 16.0. The zero-order valence-corrected chi connectivity index (χ0v) is 47.7. The van der Waals surface area contributed by atoms with E-state index in [0.717, 1.165) is 10.8 Å². The average Bonchev–Trinajstić information content (AvgIpc) is 3.99. The van der Waals surface area contributed by atoms with Gasteiger partial charge in [-0.05, 0) is 52.1 Å². The molecule has 0 radical (unpaired) electrons. The summed E-state index contributed by atoms with van der Waals surface area (Å²) in [6, 6.07) is 0. The molecule has 3 aliphatic heterocycles. The van der Waals surface area contributed by atoms with Crippen molar-refractivity contribution in [3.8, 4) is 0 Å². The summed E-state index contributed by atoms with van der Waals surface area (Å²) < 4.78 is 93.8. The van der Waals surface area contributed by atoms with E-state index in [9.17, 15) is 23.9 Å². The fraction of sp³-hybridized carbons (Fsp3) is 0.732. The van der Waals surface area contributed by atoms with Gasteiger partial charge in [-0.1, -0.05) is 76.2 Å². The standard InChI is InChI=1S/C41H69FN8O14P2SSi3/c1-22(2)69(55,23(3)4)64-70(24(5)6,25(7)8)63-32-28-18-57-66(54,67)61-31-27(58-40(34(31)62-68(13,14)41(9,10)11)50-21-46-30-35(43)44-19-45-37(30)50)15-16-56-65(52,53)60-33(32)39(59-28)49-17-26(42)29-36(49)47-20-48(12)38(29)51/h17,19-25,27-28,31-34,39-40,55H,15-16,18H2,1-14H3,(H,52,53)(H,54,67)(H2,43,44,45)/t27-,28+,31-,32-,33-,34-,39-,40-,66?/m1/s1. The van der Waals surface area contributed by atoms with Crippen LogP contribution in [-0.2, 0) is 64.0 Å². The average molecular weight is 1100 g/mol. The predicted molar refractivity (Wildman–Crippen MR) is 267 cm³/mol. The zero-order chi connectivity index (χ0) is 51.8. The van der Waals surface area contributed by atoms with Crippen molar-refractivity contribution in [3.63, 3.8) is 0 Å². The number of ether oxygens (including phenoxy) is 2. The monoisotopic (exact) mass is 1090 g/mol. The molecule has 22 nitrogen and oxygen atoms in total. The van der Waals surface area contributed by atoms with Crippen LogP contribution in [0.2, 0.25) is 40.3 Å². The molecule has 29 heteroatoms. The Balaban J connectivity index is 1.36. The summed E-state index contributed by atoms with van der Waals surface area (Å²) in [5.41, 5.74) is 4.63. The van der Waals surface area contributed by atoms with E-state index < -0.39 is 114 Å². The topological polar surface area (TPSA) is 270 Å². The largest absolute Gasteiger partial charge is 0.472 e. The number of phosphoric ester groups is 1. The minimum Gasteiger partial charge on any atom is -0.414 e. The number of fused-ring (bicyclic) bond motifs is 5. The van der Waals surface area contributed by atoms with Gasteiger partial charge >= 0.3 is 31.7 Å². The lowest BCUT2D eigenvalue weighted by atomic mass is 10.1. The Morgan fingerprint density at radius 2 is 1.50 bits per heavy atom. The number of rotatable bonds is 12. The Bertz CT molecular complexity index is 2690. The highest BCUT2D eigenvalue weighted by Crippen LogP contribution is 2.56. The molecular weight excluding hydrogens is 1030 g/mol. The second-order valence-corrected chi connectivity index (χ2v) is 38.6. The molecule has 5 N–H and O–H groups in total. The summed E-state index contributed by atoms with van der Waals surface area (Å²) in [6.45, 7) is 19.9. The molecule has 70 heavy (non-hydrogen) atoms. The van der Waals surface area contributed by atoms with Crippen LogP contribution < -0.4 is 11.3 Å². The van der Waals surface area contributed by atoms with Crippen LogP contribution in [0.1, 0.15) is 95.0 Å². The van der Waals surface area contributed by atoms with E-state index in [0.29, 0.717) is 11.2 Å². The third-order valence-electron chi connectivity index (χ3n) is 14.1. The minimum absolute atomic E-state index is 0.132. The van der Waals surface area contributed by atoms with Gasteiger partial charge in [0.1, 0.15) is 47.8 Å². The van der Waals surface area contributed by atoms with Crippen molar-refractivity contribution >= 4 is 79.8 Å². The van der Waals surface area contributed by atoms with Gasteiger partial charge in [-0.2, -0.15) is 0 Å². The third-order valence-corrected chi connectivity index (χ3v) is 30.9. The molecule has 10 atom stereocenters. The van der Waals surface area contributed by atoms with E-state index in [2.05, 4.69) is 40.7 Å². The molecule has 3 fully saturated rings. The van der Waals surface area contributed by atoms with Gasteiger partial charge < -0.3 is 56.4 Å². The highest BCUT2D eigenvalue weighted by Gasteiger charge is 2.61. The van der Waals surface area contributed by atoms with Crippen LogP contribution >= 0.6 is 14.5 Å². The number of hydrogen-bond acceptors (Lipinski definition) is 18. The Hall–Kier alpha value is -2.25. The maximum Gasteiger partial charge on any atom is 0.472 e. The fourth-order valence-electron chi connectivity index (χ4n) is 9.08. The first-order valence-corrected chi connectivity index (χ1v) is 34.4. The van der Waals surface area contributed by atoms with E-state index in [1.807, 2.05) is 68.5 Å². The van der Waals surface area contributed by atoms with Crippen LogP contribution in [0.4, 0.5) is 10.2 Å². The van der Waals surface area contributed by atoms with E-state index in [-0.39, 0.29) is 50.5 Å². The highest BCUT2D eigenvalue weighted by molar-refractivity contribution is 8.07. The van der Waals surface area contributed by atoms with Crippen LogP contribution in [0.5, 0.6) is 0 Å². The van der Waals surface area contributed by atoms with Gasteiger partial charge in [0.25, 0.3) is 5.56 Å². The van der Waals surface area contributed by atoms with Gasteiger partial charge in [-0.3, -0.25) is 22.9 Å². The van der Waals surface area contributed by atoms with Crippen molar-refractivity contribution < 1.29 is 64.1 Å². The number of nitrogens with zero attached hydrogens (tertiary/aromatic N) is 7. The van der Waals surface area contributed by atoms with E-state index in [1.165, 1.54) is 30.6 Å². The molecule has 0 aromatic carbocycles. The van der Waals surface area contributed by atoms with Crippen LogP contribution in [0.25, 0.3) is 22.2 Å². The van der Waals surface area contributed by atoms with Gasteiger partial charge in [0.2, 0.25) is 0 Å². The summed E-state index contributed by atoms with van der Waals surface area (Å²) in [5, 5.41) is -0.714. The molecule has 2 bridgehead atoms. The quantitative estimate of drug-likeness (QED) is 0.0827. The molecule has 0 aliphatic carbocycles. The lowest BCUT2D eigenvalue weighted by molar-refractivity contribution is -0.0512. The van der Waals surface area contributed by atoms with Crippen LogP contribution in [0.3, 0.4) is 0 Å². The summed E-state index contributed by atoms with van der Waals surface area (Å²) in [7, 11) is -13.9. The maximum absolute atomic E-state index is 15.9. The molecule has 3 aliphatic rings. The number of imidazole rings is 1. The third kappa shape index (κ3) is 10.5. The van der Waals surface area contributed by atoms with Crippen LogP contribution in [-0.4, -0.2) is 123 Å². The van der Waals surface area contributed by atoms with E-state index >= 15 is 4.39 Å². The number of anilines is 1. The van der Waals surface area contributed by atoms with Crippen molar-refractivity contribution in [2.45, 2.75) is 172 Å². The number of hydrogen-bond donors (Lipinski definition) is 4.